The van der Waals surface area contributed by atoms with Gasteiger partial charge < -0.3 is 20.4 Å². The first kappa shape index (κ1) is 22.1. The molecule has 3 atom stereocenters. The van der Waals surface area contributed by atoms with Crippen LogP contribution in [0.3, 0.4) is 0 Å². The zero-order chi connectivity index (χ0) is 17.5. The number of aliphatic hydroxyl groups excluding tert-OH is 3. The van der Waals surface area contributed by atoms with E-state index in [9.17, 15) is 20.1 Å². The Hall–Kier alpha value is -0.910. The maximum absolute atomic E-state index is 10.4. The second-order valence-corrected chi connectivity index (χ2v) is 6.25. The van der Waals surface area contributed by atoms with Gasteiger partial charge in [-0.3, -0.25) is 4.79 Å². The van der Waals surface area contributed by atoms with Crippen molar-refractivity contribution in [2.24, 2.45) is 0 Å². The van der Waals surface area contributed by atoms with E-state index in [-0.39, 0.29) is 12.5 Å². The van der Waals surface area contributed by atoms with Crippen LogP contribution in [-0.2, 0) is 4.79 Å². The normalized spacial score (nSPS) is 15.7. The van der Waals surface area contributed by atoms with Gasteiger partial charge in [0, 0.05) is 6.42 Å². The number of rotatable bonds is 15. The van der Waals surface area contributed by atoms with E-state index in [1.54, 1.807) is 12.2 Å². The zero-order valence-electron chi connectivity index (χ0n) is 14.4. The molecule has 0 aromatic heterocycles. The molecule has 0 saturated heterocycles. The minimum absolute atomic E-state index is 0.0651. The van der Waals surface area contributed by atoms with Crippen molar-refractivity contribution < 1.29 is 25.2 Å². The van der Waals surface area contributed by atoms with E-state index >= 15 is 0 Å². The summed E-state index contributed by atoms with van der Waals surface area (Å²) in [5.41, 5.74) is 0. The molecule has 0 aliphatic rings. The molecule has 0 amide bonds. The van der Waals surface area contributed by atoms with Crippen molar-refractivity contribution in [1.29, 1.82) is 0 Å². The third-order valence-corrected chi connectivity index (χ3v) is 3.88. The van der Waals surface area contributed by atoms with E-state index < -0.39 is 18.2 Å². The minimum Gasteiger partial charge on any atom is -0.481 e. The van der Waals surface area contributed by atoms with E-state index in [4.69, 9.17) is 5.11 Å². The van der Waals surface area contributed by atoms with Gasteiger partial charge in [-0.25, -0.2) is 0 Å². The maximum atomic E-state index is 10.4. The van der Waals surface area contributed by atoms with Gasteiger partial charge in [-0.05, 0) is 38.5 Å². The molecule has 5 heteroatoms. The molecule has 136 valence electrons. The summed E-state index contributed by atoms with van der Waals surface area (Å²) in [6, 6.07) is 0. The van der Waals surface area contributed by atoms with Gasteiger partial charge in [0.05, 0.1) is 18.3 Å². The lowest BCUT2D eigenvalue weighted by Crippen LogP contribution is -2.12. The lowest BCUT2D eigenvalue weighted by Gasteiger charge is -2.12. The van der Waals surface area contributed by atoms with Crippen LogP contribution in [0, 0.1) is 0 Å². The first-order chi connectivity index (χ1) is 11.0. The van der Waals surface area contributed by atoms with Crippen molar-refractivity contribution in [2.45, 2.75) is 95.9 Å². The molecule has 0 aromatic rings. The molecule has 0 spiro atoms. The topological polar surface area (TPSA) is 98.0 Å². The van der Waals surface area contributed by atoms with Gasteiger partial charge in [-0.15, -0.1) is 0 Å². The van der Waals surface area contributed by atoms with E-state index in [1.165, 1.54) is 12.8 Å². The third kappa shape index (κ3) is 15.8. The highest BCUT2D eigenvalue weighted by Crippen LogP contribution is 2.11. The number of hydrogen-bond donors (Lipinski definition) is 4. The number of aliphatic carboxylic acids is 1. The predicted molar refractivity (Wildman–Crippen MR) is 91.3 cm³/mol. The summed E-state index contributed by atoms with van der Waals surface area (Å²) < 4.78 is 0. The molecule has 0 aliphatic carbocycles. The number of aliphatic hydroxyl groups is 3. The first-order valence-electron chi connectivity index (χ1n) is 8.88. The zero-order valence-corrected chi connectivity index (χ0v) is 14.4. The highest BCUT2D eigenvalue weighted by molar-refractivity contribution is 5.66. The Balaban J connectivity index is 3.67. The van der Waals surface area contributed by atoms with Crippen LogP contribution in [0.4, 0.5) is 0 Å². The van der Waals surface area contributed by atoms with Gasteiger partial charge in [-0.1, -0.05) is 44.8 Å². The van der Waals surface area contributed by atoms with Crippen LogP contribution in [-0.4, -0.2) is 44.7 Å². The van der Waals surface area contributed by atoms with Crippen molar-refractivity contribution in [2.75, 3.05) is 0 Å². The first-order valence-corrected chi connectivity index (χ1v) is 8.88. The average molecular weight is 330 g/mol. The summed E-state index contributed by atoms with van der Waals surface area (Å²) >= 11 is 0. The molecule has 0 unspecified atom stereocenters. The molecule has 0 aromatic carbocycles. The van der Waals surface area contributed by atoms with Gasteiger partial charge >= 0.3 is 5.97 Å². The van der Waals surface area contributed by atoms with Crippen molar-refractivity contribution in [3.63, 3.8) is 0 Å². The van der Waals surface area contributed by atoms with Gasteiger partial charge in [0.25, 0.3) is 0 Å². The molecular formula is C18H34O5. The summed E-state index contributed by atoms with van der Waals surface area (Å²) in [5.74, 6) is -0.853. The van der Waals surface area contributed by atoms with E-state index in [0.29, 0.717) is 32.1 Å². The van der Waals surface area contributed by atoms with Crippen molar-refractivity contribution in [3.05, 3.63) is 12.2 Å². The smallest absolute Gasteiger partial charge is 0.303 e. The monoisotopic (exact) mass is 330 g/mol. The fraction of sp³-hybridized carbons (Fsp3) is 0.833. The summed E-state index contributed by atoms with van der Waals surface area (Å²) in [4.78, 5) is 10.4. The molecule has 0 saturated carbocycles. The van der Waals surface area contributed by atoms with Crippen LogP contribution in [0.1, 0.15) is 77.6 Å². The maximum Gasteiger partial charge on any atom is 0.303 e. The SMILES string of the molecule is CCCCCC[C@H](O)C/C=C/[C@H](O)CC[C@H](O)CCCC(=O)O. The number of carbonyl (C=O) groups is 1. The molecule has 0 fully saturated rings. The lowest BCUT2D eigenvalue weighted by atomic mass is 10.0. The van der Waals surface area contributed by atoms with Gasteiger partial charge in [0.2, 0.25) is 0 Å². The molecule has 0 heterocycles. The molecule has 0 rings (SSSR count). The Labute approximate surface area is 140 Å². The summed E-state index contributed by atoms with van der Waals surface area (Å²) in [6.07, 6.45) is 9.69. The fourth-order valence-electron chi connectivity index (χ4n) is 2.41. The molecule has 0 radical (unpaired) electrons. The van der Waals surface area contributed by atoms with Gasteiger partial charge in [-0.2, -0.15) is 0 Å². The minimum atomic E-state index is -0.853. The van der Waals surface area contributed by atoms with E-state index in [1.807, 2.05) is 0 Å². The Bertz CT molecular complexity index is 317. The second-order valence-electron chi connectivity index (χ2n) is 6.25. The molecule has 4 N–H and O–H groups in total. The third-order valence-electron chi connectivity index (χ3n) is 3.88. The number of carboxylic acids is 1. The predicted octanol–water partition coefficient (Wildman–Crippen LogP) is 3.02. The van der Waals surface area contributed by atoms with Crippen molar-refractivity contribution in [3.8, 4) is 0 Å². The average Bonchev–Trinajstić information content (AvgIpc) is 2.49. The Morgan fingerprint density at radius 1 is 0.913 bits per heavy atom. The molecular weight excluding hydrogens is 296 g/mol. The van der Waals surface area contributed by atoms with Crippen LogP contribution in [0.5, 0.6) is 0 Å². The number of carboxylic acid groups (broad SMARTS) is 1. The Kier molecular flexibility index (Phi) is 14.1. The summed E-state index contributed by atoms with van der Waals surface area (Å²) in [6.45, 7) is 2.16. The Morgan fingerprint density at radius 2 is 1.61 bits per heavy atom. The molecule has 0 bridgehead atoms. The largest absolute Gasteiger partial charge is 0.481 e. The van der Waals surface area contributed by atoms with Crippen molar-refractivity contribution >= 4 is 5.97 Å². The van der Waals surface area contributed by atoms with E-state index in [2.05, 4.69) is 6.92 Å². The lowest BCUT2D eigenvalue weighted by molar-refractivity contribution is -0.137. The summed E-state index contributed by atoms with van der Waals surface area (Å²) in [5, 5.41) is 37.8. The highest BCUT2D eigenvalue weighted by atomic mass is 16.4. The molecule has 23 heavy (non-hydrogen) atoms. The van der Waals surface area contributed by atoms with Crippen LogP contribution in [0.15, 0.2) is 12.2 Å². The molecule has 0 aliphatic heterocycles. The van der Waals surface area contributed by atoms with Crippen LogP contribution >= 0.6 is 0 Å². The van der Waals surface area contributed by atoms with Crippen molar-refractivity contribution in [1.82, 2.24) is 0 Å². The van der Waals surface area contributed by atoms with Gasteiger partial charge in [0.15, 0.2) is 0 Å². The standard InChI is InChI=1S/C18H34O5/c1-2-3-4-5-8-15(19)9-6-10-16(20)13-14-17(21)11-7-12-18(22)23/h6,10,15-17,19-21H,2-5,7-9,11-14H2,1H3,(H,22,23)/b10-6+/t15-,16-,17+/m0/s1. The van der Waals surface area contributed by atoms with E-state index in [0.717, 1.165) is 19.3 Å². The van der Waals surface area contributed by atoms with Crippen LogP contribution < -0.4 is 0 Å². The quantitative estimate of drug-likeness (QED) is 0.273. The number of hydrogen-bond acceptors (Lipinski definition) is 4. The van der Waals surface area contributed by atoms with Crippen LogP contribution in [0.2, 0.25) is 0 Å². The molecule has 5 nitrogen and oxygen atoms in total. The summed E-state index contributed by atoms with van der Waals surface area (Å²) in [7, 11) is 0. The fourth-order valence-corrected chi connectivity index (χ4v) is 2.41. The van der Waals surface area contributed by atoms with Crippen LogP contribution in [0.25, 0.3) is 0 Å². The second kappa shape index (κ2) is 14.7. The highest BCUT2D eigenvalue weighted by Gasteiger charge is 2.09. The van der Waals surface area contributed by atoms with Gasteiger partial charge in [0.1, 0.15) is 0 Å². The Morgan fingerprint density at radius 3 is 2.26 bits per heavy atom. The number of unbranched alkanes of at least 4 members (excludes halogenated alkanes) is 3.